The molecule has 2 aromatic heterocycles. The Kier molecular flexibility index (Phi) is 11.9. The van der Waals surface area contributed by atoms with Crippen LogP contribution in [-0.2, 0) is 60.4 Å². The lowest BCUT2D eigenvalue weighted by Gasteiger charge is -2.38. The van der Waals surface area contributed by atoms with Gasteiger partial charge in [-0.2, -0.15) is 0 Å². The summed E-state index contributed by atoms with van der Waals surface area (Å²) in [6, 6.07) is 11.1. The smallest absolute Gasteiger partial charge is 0.411 e. The summed E-state index contributed by atoms with van der Waals surface area (Å²) < 4.78 is 23.2. The van der Waals surface area contributed by atoms with Crippen LogP contribution in [-0.4, -0.2) is 96.3 Å². The van der Waals surface area contributed by atoms with Crippen LogP contribution in [0.25, 0.3) is 22.3 Å². The number of hydrogen-bond donors (Lipinski definition) is 8. The van der Waals surface area contributed by atoms with Gasteiger partial charge in [-0.25, -0.2) is 19.4 Å². The third-order valence-corrected chi connectivity index (χ3v) is 10.9. The summed E-state index contributed by atoms with van der Waals surface area (Å²) in [4.78, 5) is 68.6. The van der Waals surface area contributed by atoms with Gasteiger partial charge in [-0.15, -0.1) is 0 Å². The number of carboxylic acids is 1. The van der Waals surface area contributed by atoms with E-state index in [2.05, 4.69) is 17.6 Å². The number of amides is 2. The van der Waals surface area contributed by atoms with E-state index < -0.39 is 60.2 Å². The van der Waals surface area contributed by atoms with Crippen LogP contribution < -0.4 is 26.7 Å². The molecule has 318 valence electrons. The van der Waals surface area contributed by atoms with Crippen molar-refractivity contribution < 1.29 is 63.7 Å². The molecule has 19 heteroatoms. The monoisotopic (exact) mass is 831 g/mol. The highest BCUT2D eigenvalue weighted by atomic mass is 16.7. The van der Waals surface area contributed by atoms with Crippen molar-refractivity contribution in [2.75, 3.05) is 17.2 Å². The number of benzene rings is 2. The highest BCUT2D eigenvalue weighted by Gasteiger charge is 2.48. The maximum Gasteiger partial charge on any atom is 0.411 e. The van der Waals surface area contributed by atoms with Crippen LogP contribution in [0.2, 0.25) is 0 Å². The zero-order valence-electron chi connectivity index (χ0n) is 32.7. The van der Waals surface area contributed by atoms with Crippen molar-refractivity contribution in [3.05, 3.63) is 80.6 Å². The van der Waals surface area contributed by atoms with E-state index in [1.807, 2.05) is 0 Å². The number of carboxylic acid groups (broad SMARTS) is 1. The number of pyridine rings is 2. The van der Waals surface area contributed by atoms with Gasteiger partial charge in [0, 0.05) is 35.2 Å². The van der Waals surface area contributed by atoms with Crippen LogP contribution in [0.3, 0.4) is 0 Å². The van der Waals surface area contributed by atoms with Crippen LogP contribution in [0.15, 0.2) is 47.3 Å². The molecular formula is C41H45N5O14. The molecule has 5 heterocycles. The number of nitrogens with zero attached hydrogens (tertiary/aromatic N) is 2. The highest BCUT2D eigenvalue weighted by Crippen LogP contribution is 2.41. The van der Waals surface area contributed by atoms with Crippen LogP contribution >= 0.6 is 0 Å². The van der Waals surface area contributed by atoms with Crippen LogP contribution in [0.4, 0.5) is 16.2 Å². The maximum atomic E-state index is 13.8. The second-order valence-electron chi connectivity index (χ2n) is 14.8. The summed E-state index contributed by atoms with van der Waals surface area (Å²) >= 11 is 0. The average Bonchev–Trinajstić information content (AvgIpc) is 3.59. The Balaban J connectivity index is 1.11. The van der Waals surface area contributed by atoms with Gasteiger partial charge in [0.1, 0.15) is 37.3 Å². The van der Waals surface area contributed by atoms with E-state index in [1.165, 1.54) is 18.2 Å². The third-order valence-electron chi connectivity index (χ3n) is 10.9. The minimum absolute atomic E-state index is 0.0197. The van der Waals surface area contributed by atoms with Crippen molar-refractivity contribution in [2.45, 2.75) is 102 Å². The predicted molar refractivity (Wildman–Crippen MR) is 211 cm³/mol. The number of unbranched alkanes of at least 4 members (excludes halogenated alkanes) is 1. The van der Waals surface area contributed by atoms with Crippen LogP contribution in [0, 0.1) is 0 Å². The van der Waals surface area contributed by atoms with E-state index in [0.717, 1.165) is 29.4 Å². The molecule has 4 aromatic rings. The lowest BCUT2D eigenvalue weighted by molar-refractivity contribution is -0.271. The first-order valence-corrected chi connectivity index (χ1v) is 19.5. The van der Waals surface area contributed by atoms with E-state index >= 15 is 0 Å². The molecule has 9 N–H and O–H groups in total. The molecule has 2 unspecified atom stereocenters. The number of rotatable bonds is 13. The van der Waals surface area contributed by atoms with Gasteiger partial charge in [0.15, 0.2) is 11.7 Å². The van der Waals surface area contributed by atoms with Crippen molar-refractivity contribution in [1.29, 1.82) is 0 Å². The number of esters is 1. The normalized spacial score (nSPS) is 22.9. The molecule has 0 bridgehead atoms. The van der Waals surface area contributed by atoms with E-state index in [9.17, 15) is 49.5 Å². The fourth-order valence-electron chi connectivity index (χ4n) is 7.67. The van der Waals surface area contributed by atoms with Gasteiger partial charge in [-0.1, -0.05) is 26.3 Å². The van der Waals surface area contributed by atoms with E-state index in [-0.39, 0.29) is 67.3 Å². The number of carbonyl (C=O) groups excluding carboxylic acids is 3. The minimum atomic E-state index is -1.95. The van der Waals surface area contributed by atoms with Crippen molar-refractivity contribution in [1.82, 2.24) is 9.55 Å². The fourth-order valence-corrected chi connectivity index (χ4v) is 7.67. The number of anilines is 2. The number of nitrogens with two attached hydrogens (primary N) is 1. The van der Waals surface area contributed by atoms with Gasteiger partial charge >= 0.3 is 18.0 Å². The van der Waals surface area contributed by atoms with Crippen LogP contribution in [0.5, 0.6) is 5.75 Å². The molecular weight excluding hydrogens is 786 g/mol. The SMILES string of the molecule is CCCCc1c2c(nc3ccc(NC(=O)OCc4ccc(OC5O[C@H](C(=O)O)[C@@H](O)C(O)[C@H]5O)c(NC(=O)CCN)c4)cc13)-c1cc3c(c(=O)n1C2)COC(=O)[C@]3(O)CC. The van der Waals surface area contributed by atoms with Gasteiger partial charge < -0.3 is 60.1 Å². The molecule has 0 spiro atoms. The molecule has 6 atom stereocenters. The summed E-state index contributed by atoms with van der Waals surface area (Å²) in [6.07, 6.45) is -7.90. The molecule has 7 rings (SSSR count). The van der Waals surface area contributed by atoms with Crippen molar-refractivity contribution >= 4 is 46.2 Å². The summed E-state index contributed by atoms with van der Waals surface area (Å²) in [5.74, 6) is -3.01. The number of aromatic nitrogens is 2. The number of aliphatic hydroxyl groups is 4. The number of hydrogen-bond acceptors (Lipinski definition) is 15. The van der Waals surface area contributed by atoms with Gasteiger partial charge in [0.05, 0.1) is 34.7 Å². The Morgan fingerprint density at radius 3 is 2.52 bits per heavy atom. The lowest BCUT2D eigenvalue weighted by Crippen LogP contribution is -2.61. The quantitative estimate of drug-likeness (QED) is 0.0784. The highest BCUT2D eigenvalue weighted by molar-refractivity contribution is 5.94. The Morgan fingerprint density at radius 2 is 1.80 bits per heavy atom. The van der Waals surface area contributed by atoms with Gasteiger partial charge in [0.2, 0.25) is 12.2 Å². The molecule has 0 saturated carbocycles. The van der Waals surface area contributed by atoms with Crippen LogP contribution in [0.1, 0.15) is 67.3 Å². The molecule has 0 aliphatic carbocycles. The first kappa shape index (κ1) is 42.2. The average molecular weight is 832 g/mol. The molecule has 1 fully saturated rings. The van der Waals surface area contributed by atoms with Crippen molar-refractivity contribution in [2.24, 2.45) is 5.73 Å². The number of carbonyl (C=O) groups is 4. The zero-order chi connectivity index (χ0) is 43.0. The maximum absolute atomic E-state index is 13.8. The predicted octanol–water partition coefficient (Wildman–Crippen LogP) is 1.73. The molecule has 60 heavy (non-hydrogen) atoms. The van der Waals surface area contributed by atoms with E-state index in [0.29, 0.717) is 34.6 Å². The summed E-state index contributed by atoms with van der Waals surface area (Å²) in [5.41, 5.74) is 7.90. The number of aryl methyl sites for hydroxylation is 1. The largest absolute Gasteiger partial charge is 0.479 e. The number of aliphatic hydroxyl groups excluding tert-OH is 3. The van der Waals surface area contributed by atoms with Gasteiger partial charge in [-0.3, -0.25) is 14.9 Å². The van der Waals surface area contributed by atoms with E-state index in [4.69, 9.17) is 29.7 Å². The van der Waals surface area contributed by atoms with E-state index in [1.54, 1.807) is 35.8 Å². The number of fused-ring (bicyclic) bond motifs is 5. The Labute approximate surface area is 341 Å². The Bertz CT molecular complexity index is 2440. The minimum Gasteiger partial charge on any atom is -0.479 e. The summed E-state index contributed by atoms with van der Waals surface area (Å²) in [7, 11) is 0. The zero-order valence-corrected chi connectivity index (χ0v) is 32.7. The number of ether oxygens (including phenoxy) is 4. The second-order valence-corrected chi connectivity index (χ2v) is 14.8. The first-order valence-electron chi connectivity index (χ1n) is 19.5. The topological polar surface area (TPSA) is 291 Å². The molecule has 3 aliphatic heterocycles. The standard InChI is InChI=1S/C41H45N5O14/c1-3-5-6-21-22-14-20(8-9-26(22)45-31-23(21)16-46-28(31)15-25-24(36(46)51)18-57-39(54)41(25,56)4-2)43-40(55)58-17-19-7-10-29(27(13-19)44-30(47)11-12-42)59-38-34(50)32(48)33(49)35(60-38)37(52)53/h7-10,13-15,32-35,38,48-50,56H,3-6,11-12,16-18,42H2,1-2H3,(H,43,55)(H,44,47)(H,52,53)/t32?,33-,34+,35-,38?,41-/m0/s1. The van der Waals surface area contributed by atoms with Gasteiger partial charge in [0.25, 0.3) is 5.56 Å². The number of nitrogens with one attached hydrogen (secondary N) is 2. The van der Waals surface area contributed by atoms with Crippen molar-refractivity contribution in [3.63, 3.8) is 0 Å². The van der Waals surface area contributed by atoms with Crippen molar-refractivity contribution in [3.8, 4) is 17.1 Å². The van der Waals surface area contributed by atoms with Gasteiger partial charge in [-0.05, 0) is 66.8 Å². The molecule has 2 amide bonds. The number of aliphatic carboxylic acids is 1. The molecule has 19 nitrogen and oxygen atoms in total. The molecule has 3 aliphatic rings. The first-order chi connectivity index (χ1) is 28.7. The summed E-state index contributed by atoms with van der Waals surface area (Å²) in [6.45, 7) is 3.42. The third kappa shape index (κ3) is 7.78. The molecule has 0 radical (unpaired) electrons. The molecule has 2 aromatic carbocycles. The fraction of sp³-hybridized carbons (Fsp3) is 0.415. The lowest BCUT2D eigenvalue weighted by atomic mass is 9.86. The number of cyclic esters (lactones) is 1. The Hall–Kier alpha value is -5.96. The molecule has 1 saturated heterocycles. The summed E-state index contributed by atoms with van der Waals surface area (Å²) in [5, 5.41) is 57.5. The Morgan fingerprint density at radius 1 is 1.02 bits per heavy atom. The second kappa shape index (κ2) is 17.0.